The van der Waals surface area contributed by atoms with Crippen molar-refractivity contribution in [2.24, 2.45) is 0 Å². The van der Waals surface area contributed by atoms with Crippen LogP contribution in [0.25, 0.3) is 0 Å². The van der Waals surface area contributed by atoms with Crippen LogP contribution in [0.1, 0.15) is 12.7 Å². The molecule has 3 N–H and O–H groups in total. The Balaban J connectivity index is 1.97. The fourth-order valence-corrected chi connectivity index (χ4v) is 1.84. The second kappa shape index (κ2) is 4.26. The van der Waals surface area contributed by atoms with Gasteiger partial charge in [-0.25, -0.2) is 4.98 Å². The summed E-state index contributed by atoms with van der Waals surface area (Å²) in [5.41, 5.74) is -0.951. The highest BCUT2D eigenvalue weighted by Gasteiger charge is 2.29. The lowest BCUT2D eigenvalue weighted by molar-refractivity contribution is 0.00542. The quantitative estimate of drug-likeness (QED) is 0.592. The zero-order valence-electron chi connectivity index (χ0n) is 8.90. The third-order valence-corrected chi connectivity index (χ3v) is 2.67. The van der Waals surface area contributed by atoms with Gasteiger partial charge < -0.3 is 10.4 Å². The minimum absolute atomic E-state index is 0.529. The minimum atomic E-state index is -0.951. The highest BCUT2D eigenvalue weighted by atomic mass is 16.3. The van der Waals surface area contributed by atoms with Crippen LogP contribution < -0.4 is 5.32 Å². The largest absolute Gasteiger partial charge is 0.381 e. The van der Waals surface area contributed by atoms with Crippen LogP contribution in [0, 0.1) is 0 Å². The van der Waals surface area contributed by atoms with Crippen LogP contribution in [0.5, 0.6) is 0 Å². The number of hydrogen-bond acceptors (Lipinski definition) is 5. The molecule has 0 amide bonds. The molecule has 1 atom stereocenters. The predicted molar refractivity (Wildman–Crippen MR) is 55.3 cm³/mol. The van der Waals surface area contributed by atoms with Crippen molar-refractivity contribution < 1.29 is 5.11 Å². The summed E-state index contributed by atoms with van der Waals surface area (Å²) in [7, 11) is 0. The topological polar surface area (TPSA) is 77.1 Å². The minimum Gasteiger partial charge on any atom is -0.381 e. The second-order valence-corrected chi connectivity index (χ2v) is 4.13. The Morgan fingerprint density at radius 3 is 2.87 bits per heavy atom. The number of piperazine rings is 1. The van der Waals surface area contributed by atoms with Gasteiger partial charge in [0.25, 0.3) is 0 Å². The second-order valence-electron chi connectivity index (χ2n) is 4.13. The number of aromatic nitrogens is 3. The summed E-state index contributed by atoms with van der Waals surface area (Å²) in [6, 6.07) is 0. The first-order chi connectivity index (χ1) is 7.18. The molecule has 1 unspecified atom stereocenters. The van der Waals surface area contributed by atoms with Crippen LogP contribution in [0.3, 0.4) is 0 Å². The molecule has 0 bridgehead atoms. The number of rotatable bonds is 3. The molecule has 6 nitrogen and oxygen atoms in total. The van der Waals surface area contributed by atoms with E-state index >= 15 is 0 Å². The third-order valence-electron chi connectivity index (χ3n) is 2.67. The molecule has 15 heavy (non-hydrogen) atoms. The van der Waals surface area contributed by atoms with Crippen LogP contribution in [-0.2, 0) is 5.60 Å². The van der Waals surface area contributed by atoms with Gasteiger partial charge in [0.05, 0.1) is 0 Å². The van der Waals surface area contributed by atoms with Gasteiger partial charge in [-0.3, -0.25) is 10.00 Å². The molecule has 0 radical (unpaired) electrons. The van der Waals surface area contributed by atoms with Crippen LogP contribution >= 0.6 is 0 Å². The molecular formula is C9H17N5O. The zero-order chi connectivity index (χ0) is 10.7. The first kappa shape index (κ1) is 10.5. The average molecular weight is 211 g/mol. The highest BCUT2D eigenvalue weighted by Crippen LogP contribution is 2.17. The van der Waals surface area contributed by atoms with E-state index in [1.165, 1.54) is 6.33 Å². The normalized spacial score (nSPS) is 22.5. The molecule has 0 aromatic carbocycles. The van der Waals surface area contributed by atoms with Crippen molar-refractivity contribution in [2.45, 2.75) is 12.5 Å². The molecule has 1 fully saturated rings. The number of H-pyrrole nitrogens is 1. The van der Waals surface area contributed by atoms with E-state index in [0.717, 1.165) is 26.2 Å². The molecule has 84 valence electrons. The number of nitrogens with zero attached hydrogens (tertiary/aromatic N) is 3. The van der Waals surface area contributed by atoms with Crippen molar-refractivity contribution in [3.8, 4) is 0 Å². The van der Waals surface area contributed by atoms with Crippen LogP contribution in [0.2, 0.25) is 0 Å². The highest BCUT2D eigenvalue weighted by molar-refractivity contribution is 4.98. The summed E-state index contributed by atoms with van der Waals surface area (Å²) in [6.07, 6.45) is 1.42. The smallest absolute Gasteiger partial charge is 0.157 e. The molecular weight excluding hydrogens is 194 g/mol. The van der Waals surface area contributed by atoms with E-state index in [1.54, 1.807) is 6.92 Å². The molecule has 1 saturated heterocycles. The molecule has 0 saturated carbocycles. The first-order valence-electron chi connectivity index (χ1n) is 5.20. The van der Waals surface area contributed by atoms with Gasteiger partial charge in [0.1, 0.15) is 11.9 Å². The molecule has 1 aliphatic rings. The van der Waals surface area contributed by atoms with Crippen molar-refractivity contribution in [1.29, 1.82) is 0 Å². The maximum atomic E-state index is 10.2. The molecule has 6 heteroatoms. The fourth-order valence-electron chi connectivity index (χ4n) is 1.84. The van der Waals surface area contributed by atoms with Crippen LogP contribution in [0.15, 0.2) is 6.33 Å². The van der Waals surface area contributed by atoms with E-state index in [2.05, 4.69) is 25.4 Å². The Bertz CT molecular complexity index is 291. The Kier molecular flexibility index (Phi) is 2.99. The Morgan fingerprint density at radius 2 is 2.27 bits per heavy atom. The van der Waals surface area contributed by atoms with Crippen molar-refractivity contribution in [2.75, 3.05) is 32.7 Å². The molecule has 2 rings (SSSR count). The summed E-state index contributed by atoms with van der Waals surface area (Å²) >= 11 is 0. The monoisotopic (exact) mass is 211 g/mol. The van der Waals surface area contributed by atoms with Gasteiger partial charge in [-0.1, -0.05) is 0 Å². The number of hydrogen-bond donors (Lipinski definition) is 3. The van der Waals surface area contributed by atoms with Crippen molar-refractivity contribution in [3.63, 3.8) is 0 Å². The standard InChI is InChI=1S/C9H17N5O/c1-9(15,8-11-7-12-13-8)6-14-4-2-10-3-5-14/h7,10,15H,2-6H2,1H3,(H,11,12,13). The number of β-amino-alcohol motifs (C(OH)–C–C–N with tert-alkyl or cyclic N) is 1. The zero-order valence-corrected chi connectivity index (χ0v) is 8.90. The summed E-state index contributed by atoms with van der Waals surface area (Å²) in [5.74, 6) is 0.529. The van der Waals surface area contributed by atoms with E-state index in [9.17, 15) is 5.11 Å². The average Bonchev–Trinajstić information content (AvgIpc) is 2.71. The predicted octanol–water partition coefficient (Wildman–Crippen LogP) is -1.08. The van der Waals surface area contributed by atoms with Crippen LogP contribution in [0.4, 0.5) is 0 Å². The molecule has 1 aliphatic heterocycles. The maximum absolute atomic E-state index is 10.2. The fraction of sp³-hybridized carbons (Fsp3) is 0.778. The van der Waals surface area contributed by atoms with Crippen molar-refractivity contribution in [1.82, 2.24) is 25.4 Å². The van der Waals surface area contributed by atoms with E-state index in [4.69, 9.17) is 0 Å². The Hall–Kier alpha value is -0.980. The summed E-state index contributed by atoms with van der Waals surface area (Å²) in [4.78, 5) is 6.22. The summed E-state index contributed by atoms with van der Waals surface area (Å²) in [6.45, 7) is 6.23. The lowest BCUT2D eigenvalue weighted by Gasteiger charge is -2.32. The molecule has 2 heterocycles. The third kappa shape index (κ3) is 2.53. The van der Waals surface area contributed by atoms with Gasteiger partial charge in [-0.05, 0) is 6.92 Å². The SMILES string of the molecule is CC(O)(CN1CCNCC1)c1ncn[nH]1. The van der Waals surface area contributed by atoms with Gasteiger partial charge in [-0.15, -0.1) is 0 Å². The summed E-state index contributed by atoms with van der Waals surface area (Å²) in [5, 5.41) is 20.0. The lowest BCUT2D eigenvalue weighted by Crippen LogP contribution is -2.48. The van der Waals surface area contributed by atoms with E-state index in [0.29, 0.717) is 12.4 Å². The molecule has 0 aliphatic carbocycles. The van der Waals surface area contributed by atoms with E-state index < -0.39 is 5.60 Å². The molecule has 0 spiro atoms. The number of aromatic amines is 1. The van der Waals surface area contributed by atoms with Crippen molar-refractivity contribution in [3.05, 3.63) is 12.2 Å². The first-order valence-corrected chi connectivity index (χ1v) is 5.20. The van der Waals surface area contributed by atoms with E-state index in [-0.39, 0.29) is 0 Å². The molecule has 1 aromatic rings. The number of aliphatic hydroxyl groups is 1. The molecule has 1 aromatic heterocycles. The lowest BCUT2D eigenvalue weighted by atomic mass is 10.1. The Morgan fingerprint density at radius 1 is 1.53 bits per heavy atom. The van der Waals surface area contributed by atoms with E-state index in [1.807, 2.05) is 0 Å². The van der Waals surface area contributed by atoms with Gasteiger partial charge >= 0.3 is 0 Å². The van der Waals surface area contributed by atoms with Gasteiger partial charge in [0, 0.05) is 32.7 Å². The van der Waals surface area contributed by atoms with Gasteiger partial charge in [-0.2, -0.15) is 5.10 Å². The van der Waals surface area contributed by atoms with Gasteiger partial charge in [0.15, 0.2) is 5.82 Å². The number of nitrogens with one attached hydrogen (secondary N) is 2. The maximum Gasteiger partial charge on any atom is 0.157 e. The van der Waals surface area contributed by atoms with Crippen molar-refractivity contribution >= 4 is 0 Å². The van der Waals surface area contributed by atoms with Gasteiger partial charge in [0.2, 0.25) is 0 Å². The van der Waals surface area contributed by atoms with Crippen LogP contribution in [-0.4, -0.2) is 57.9 Å². The summed E-state index contributed by atoms with van der Waals surface area (Å²) < 4.78 is 0. The Labute approximate surface area is 88.7 Å².